The summed E-state index contributed by atoms with van der Waals surface area (Å²) in [5.74, 6) is 0.552. The summed E-state index contributed by atoms with van der Waals surface area (Å²) in [5.41, 5.74) is 3.80. The van der Waals surface area contributed by atoms with Crippen molar-refractivity contribution < 1.29 is 9.59 Å². The van der Waals surface area contributed by atoms with Crippen LogP contribution in [0.5, 0.6) is 0 Å². The number of hydrogen-bond donors (Lipinski definition) is 2. The molecule has 0 saturated carbocycles. The summed E-state index contributed by atoms with van der Waals surface area (Å²) < 4.78 is 0. The van der Waals surface area contributed by atoms with E-state index in [1.54, 1.807) is 0 Å². The number of carbonyl (C=O) groups excluding carboxylic acids is 2. The lowest BCUT2D eigenvalue weighted by Crippen LogP contribution is -2.50. The van der Waals surface area contributed by atoms with Crippen molar-refractivity contribution in [3.8, 4) is 0 Å². The van der Waals surface area contributed by atoms with Crippen LogP contribution in [0.2, 0.25) is 0 Å². The van der Waals surface area contributed by atoms with Crippen LogP contribution in [0, 0.1) is 27.7 Å². The van der Waals surface area contributed by atoms with E-state index in [1.807, 2.05) is 50.8 Å². The van der Waals surface area contributed by atoms with Crippen LogP contribution in [-0.4, -0.2) is 64.3 Å². The van der Waals surface area contributed by atoms with Gasteiger partial charge in [-0.15, -0.1) is 11.3 Å². The summed E-state index contributed by atoms with van der Waals surface area (Å²) in [5, 5.41) is 3.67. The first-order valence-corrected chi connectivity index (χ1v) is 12.4. The summed E-state index contributed by atoms with van der Waals surface area (Å²) in [6, 6.07) is 5.95. The van der Waals surface area contributed by atoms with Gasteiger partial charge in [0, 0.05) is 49.6 Å². The molecule has 1 aliphatic heterocycles. The van der Waals surface area contributed by atoms with E-state index in [0.717, 1.165) is 32.1 Å². The van der Waals surface area contributed by atoms with Gasteiger partial charge in [-0.25, -0.2) is 4.98 Å². The topological polar surface area (TPSA) is 98.4 Å². The van der Waals surface area contributed by atoms with Crippen LogP contribution in [-0.2, 0) is 16.0 Å². The second-order valence-electron chi connectivity index (χ2n) is 8.95. The molecular formula is C25H31N5O3S. The standard InChI is InChI=1S/C25H31N5O3S/c1-15-6-5-7-16(2)23(15)28-20(31)14-29-10-12-30(13-11-29)21(32)9-8-19-26-24(33)22-17(3)18(4)34-25(22)27-19/h5-7H,8-14H2,1-4H3,(H,28,31)(H,26,27,33). The van der Waals surface area contributed by atoms with E-state index in [-0.39, 0.29) is 17.4 Å². The first kappa shape index (κ1) is 24.1. The van der Waals surface area contributed by atoms with Gasteiger partial charge < -0.3 is 15.2 Å². The number of thiophene rings is 1. The number of rotatable bonds is 6. The van der Waals surface area contributed by atoms with Crippen molar-refractivity contribution in [1.82, 2.24) is 19.8 Å². The molecule has 1 aliphatic rings. The average Bonchev–Trinajstić information content (AvgIpc) is 3.09. The van der Waals surface area contributed by atoms with Crippen molar-refractivity contribution >= 4 is 39.1 Å². The quantitative estimate of drug-likeness (QED) is 0.564. The van der Waals surface area contributed by atoms with Gasteiger partial charge in [0.15, 0.2) is 0 Å². The summed E-state index contributed by atoms with van der Waals surface area (Å²) >= 11 is 1.51. The summed E-state index contributed by atoms with van der Waals surface area (Å²) in [6.45, 7) is 10.7. The van der Waals surface area contributed by atoms with Gasteiger partial charge in [0.2, 0.25) is 11.8 Å². The van der Waals surface area contributed by atoms with E-state index in [1.165, 1.54) is 11.3 Å². The number of aromatic nitrogens is 2. The van der Waals surface area contributed by atoms with Crippen molar-refractivity contribution in [2.24, 2.45) is 0 Å². The van der Waals surface area contributed by atoms with Crippen molar-refractivity contribution in [1.29, 1.82) is 0 Å². The molecule has 2 amide bonds. The molecule has 0 atom stereocenters. The van der Waals surface area contributed by atoms with Gasteiger partial charge in [0.1, 0.15) is 10.7 Å². The number of anilines is 1. The Labute approximate surface area is 203 Å². The van der Waals surface area contributed by atoms with Crippen LogP contribution in [0.15, 0.2) is 23.0 Å². The summed E-state index contributed by atoms with van der Waals surface area (Å²) in [4.78, 5) is 50.8. The zero-order valence-corrected chi connectivity index (χ0v) is 21.0. The minimum atomic E-state index is -0.137. The fourth-order valence-corrected chi connectivity index (χ4v) is 5.40. The molecule has 180 valence electrons. The van der Waals surface area contributed by atoms with Gasteiger partial charge in [-0.2, -0.15) is 0 Å². The Morgan fingerprint density at radius 2 is 1.76 bits per heavy atom. The van der Waals surface area contributed by atoms with Crippen LogP contribution >= 0.6 is 11.3 Å². The second-order valence-corrected chi connectivity index (χ2v) is 10.2. The van der Waals surface area contributed by atoms with Gasteiger partial charge in [0.25, 0.3) is 5.56 Å². The molecule has 2 N–H and O–H groups in total. The minimum absolute atomic E-state index is 0.0401. The van der Waals surface area contributed by atoms with Crippen LogP contribution in [0.1, 0.15) is 33.8 Å². The number of nitrogens with zero attached hydrogens (tertiary/aromatic N) is 3. The SMILES string of the molecule is Cc1cccc(C)c1NC(=O)CN1CCN(C(=O)CCc2nc3sc(C)c(C)c3c(=O)[nH]2)CC1. The number of fused-ring (bicyclic) bond motifs is 1. The number of carbonyl (C=O) groups is 2. The molecule has 0 aliphatic carbocycles. The third-order valence-corrected chi connectivity index (χ3v) is 7.60. The second kappa shape index (κ2) is 10.1. The zero-order chi connectivity index (χ0) is 24.4. The number of para-hydroxylation sites is 1. The molecule has 3 aromatic rings. The van der Waals surface area contributed by atoms with E-state index in [4.69, 9.17) is 0 Å². The number of hydrogen-bond acceptors (Lipinski definition) is 6. The van der Waals surface area contributed by atoms with Crippen LogP contribution in [0.25, 0.3) is 10.2 Å². The van der Waals surface area contributed by atoms with E-state index in [2.05, 4.69) is 20.2 Å². The van der Waals surface area contributed by atoms with Gasteiger partial charge in [-0.1, -0.05) is 18.2 Å². The molecule has 0 spiro atoms. The number of nitrogens with one attached hydrogen (secondary N) is 2. The maximum absolute atomic E-state index is 12.7. The van der Waals surface area contributed by atoms with Crippen LogP contribution < -0.4 is 10.9 Å². The van der Waals surface area contributed by atoms with Gasteiger partial charge in [-0.05, 0) is 44.4 Å². The predicted octanol–water partition coefficient (Wildman–Crippen LogP) is 2.93. The number of H-pyrrole nitrogens is 1. The Balaban J connectivity index is 1.26. The number of piperazine rings is 1. The van der Waals surface area contributed by atoms with E-state index in [0.29, 0.717) is 56.8 Å². The number of aromatic amines is 1. The molecule has 4 rings (SSSR count). The molecule has 1 aromatic carbocycles. The molecule has 3 heterocycles. The van der Waals surface area contributed by atoms with Crippen molar-refractivity contribution in [2.75, 3.05) is 38.0 Å². The normalized spacial score (nSPS) is 14.5. The Morgan fingerprint density at radius 3 is 2.44 bits per heavy atom. The number of amides is 2. The molecule has 9 heteroatoms. The van der Waals surface area contributed by atoms with E-state index >= 15 is 0 Å². The van der Waals surface area contributed by atoms with Crippen LogP contribution in [0.3, 0.4) is 0 Å². The molecular weight excluding hydrogens is 450 g/mol. The molecule has 34 heavy (non-hydrogen) atoms. The van der Waals surface area contributed by atoms with Crippen molar-refractivity contribution in [3.05, 3.63) is 55.9 Å². The Morgan fingerprint density at radius 1 is 1.09 bits per heavy atom. The Kier molecular flexibility index (Phi) is 7.13. The van der Waals surface area contributed by atoms with E-state index < -0.39 is 0 Å². The molecule has 8 nitrogen and oxygen atoms in total. The maximum atomic E-state index is 12.7. The molecule has 0 unspecified atom stereocenters. The molecule has 1 saturated heterocycles. The lowest BCUT2D eigenvalue weighted by atomic mass is 10.1. The minimum Gasteiger partial charge on any atom is -0.340 e. The molecule has 0 bridgehead atoms. The fourth-order valence-electron chi connectivity index (χ4n) is 4.35. The average molecular weight is 482 g/mol. The molecule has 2 aromatic heterocycles. The lowest BCUT2D eigenvalue weighted by molar-refractivity contribution is -0.133. The fraction of sp³-hybridized carbons (Fsp3) is 0.440. The predicted molar refractivity (Wildman–Crippen MR) is 136 cm³/mol. The summed E-state index contributed by atoms with van der Waals surface area (Å²) in [6.07, 6.45) is 0.698. The lowest BCUT2D eigenvalue weighted by Gasteiger charge is -2.34. The Bertz CT molecular complexity index is 1270. The van der Waals surface area contributed by atoms with Gasteiger partial charge >= 0.3 is 0 Å². The zero-order valence-electron chi connectivity index (χ0n) is 20.2. The first-order chi connectivity index (χ1) is 16.2. The highest BCUT2D eigenvalue weighted by molar-refractivity contribution is 7.18. The highest BCUT2D eigenvalue weighted by Crippen LogP contribution is 2.25. The van der Waals surface area contributed by atoms with E-state index in [9.17, 15) is 14.4 Å². The third-order valence-electron chi connectivity index (χ3n) is 6.50. The Hall–Kier alpha value is -3.04. The monoisotopic (exact) mass is 481 g/mol. The van der Waals surface area contributed by atoms with Crippen molar-refractivity contribution in [3.63, 3.8) is 0 Å². The summed E-state index contributed by atoms with van der Waals surface area (Å²) in [7, 11) is 0. The highest BCUT2D eigenvalue weighted by atomic mass is 32.1. The largest absolute Gasteiger partial charge is 0.340 e. The highest BCUT2D eigenvalue weighted by Gasteiger charge is 2.23. The smallest absolute Gasteiger partial charge is 0.259 e. The number of aryl methyl sites for hydroxylation is 5. The number of benzene rings is 1. The molecule has 1 fully saturated rings. The maximum Gasteiger partial charge on any atom is 0.259 e. The molecule has 0 radical (unpaired) electrons. The van der Waals surface area contributed by atoms with Gasteiger partial charge in [0.05, 0.1) is 11.9 Å². The first-order valence-electron chi connectivity index (χ1n) is 11.6. The van der Waals surface area contributed by atoms with Crippen molar-refractivity contribution in [2.45, 2.75) is 40.5 Å². The van der Waals surface area contributed by atoms with Gasteiger partial charge in [-0.3, -0.25) is 19.3 Å². The third kappa shape index (κ3) is 5.20. The van der Waals surface area contributed by atoms with Crippen LogP contribution in [0.4, 0.5) is 5.69 Å².